The summed E-state index contributed by atoms with van der Waals surface area (Å²) in [7, 11) is 0. The van der Waals surface area contributed by atoms with Crippen LogP contribution in [0.25, 0.3) is 11.1 Å². The number of aromatic nitrogens is 2. The Labute approximate surface area is 148 Å². The highest BCUT2D eigenvalue weighted by molar-refractivity contribution is 6.00. The van der Waals surface area contributed by atoms with Crippen molar-refractivity contribution in [1.82, 2.24) is 15.1 Å². The van der Waals surface area contributed by atoms with Crippen molar-refractivity contribution in [3.63, 3.8) is 0 Å². The first-order valence-electron chi connectivity index (χ1n) is 8.57. The van der Waals surface area contributed by atoms with Crippen LogP contribution in [0, 0.1) is 5.92 Å². The summed E-state index contributed by atoms with van der Waals surface area (Å²) in [4.78, 5) is 12.5. The molecule has 25 heavy (non-hydrogen) atoms. The summed E-state index contributed by atoms with van der Waals surface area (Å²) in [6.07, 6.45) is 3.72. The van der Waals surface area contributed by atoms with Crippen molar-refractivity contribution in [1.29, 1.82) is 0 Å². The zero-order valence-corrected chi connectivity index (χ0v) is 14.6. The van der Waals surface area contributed by atoms with E-state index in [2.05, 4.69) is 48.5 Å². The summed E-state index contributed by atoms with van der Waals surface area (Å²) in [5.74, 6) is 0.405. The Morgan fingerprint density at radius 2 is 1.84 bits per heavy atom. The zero-order chi connectivity index (χ0) is 17.6. The van der Waals surface area contributed by atoms with Gasteiger partial charge in [0.15, 0.2) is 0 Å². The second-order valence-electron chi connectivity index (χ2n) is 6.55. The fraction of sp³-hybridized carbons (Fsp3) is 0.238. The van der Waals surface area contributed by atoms with Gasteiger partial charge in [0.25, 0.3) is 5.91 Å². The Morgan fingerprint density at radius 3 is 2.52 bits per heavy atom. The van der Waals surface area contributed by atoms with Gasteiger partial charge < -0.3 is 5.32 Å². The number of nitrogens with zero attached hydrogens (tertiary/aromatic N) is 2. The molecule has 4 nitrogen and oxygen atoms in total. The highest BCUT2D eigenvalue weighted by Crippen LogP contribution is 2.24. The van der Waals surface area contributed by atoms with Crippen LogP contribution in [0.4, 0.5) is 0 Å². The van der Waals surface area contributed by atoms with Gasteiger partial charge in [-0.3, -0.25) is 9.48 Å². The van der Waals surface area contributed by atoms with Gasteiger partial charge in [0, 0.05) is 24.5 Å². The lowest BCUT2D eigenvalue weighted by Crippen LogP contribution is -2.27. The average molecular weight is 333 g/mol. The minimum atomic E-state index is -0.0232. The van der Waals surface area contributed by atoms with Gasteiger partial charge in [-0.1, -0.05) is 56.3 Å². The number of carbonyl (C=O) groups excluding carboxylic acids is 1. The molecule has 0 aliphatic carbocycles. The van der Waals surface area contributed by atoms with Crippen LogP contribution in [0.2, 0.25) is 0 Å². The van der Waals surface area contributed by atoms with Crippen molar-refractivity contribution < 1.29 is 4.79 Å². The van der Waals surface area contributed by atoms with E-state index in [1.54, 1.807) is 6.20 Å². The van der Waals surface area contributed by atoms with E-state index < -0.39 is 0 Å². The monoisotopic (exact) mass is 333 g/mol. The lowest BCUT2D eigenvalue weighted by atomic mass is 9.98. The molecule has 3 rings (SSSR count). The van der Waals surface area contributed by atoms with Gasteiger partial charge >= 0.3 is 0 Å². The van der Waals surface area contributed by atoms with Crippen LogP contribution in [0.15, 0.2) is 67.0 Å². The van der Waals surface area contributed by atoms with Gasteiger partial charge in [-0.05, 0) is 34.7 Å². The molecule has 0 bridgehead atoms. The molecule has 0 aliphatic rings. The van der Waals surface area contributed by atoms with Crippen molar-refractivity contribution in [3.05, 3.63) is 78.1 Å². The summed E-state index contributed by atoms with van der Waals surface area (Å²) in [6.45, 7) is 5.59. The third kappa shape index (κ3) is 4.35. The molecular formula is C21H23N3O. The smallest absolute Gasteiger partial charge is 0.251 e. The fourth-order valence-corrected chi connectivity index (χ4v) is 2.70. The van der Waals surface area contributed by atoms with Crippen molar-refractivity contribution in [2.45, 2.75) is 20.4 Å². The largest absolute Gasteiger partial charge is 0.352 e. The normalized spacial score (nSPS) is 10.8. The van der Waals surface area contributed by atoms with Gasteiger partial charge in [0.05, 0.1) is 6.54 Å². The number of benzene rings is 2. The second-order valence-corrected chi connectivity index (χ2v) is 6.55. The summed E-state index contributed by atoms with van der Waals surface area (Å²) >= 11 is 0. The van der Waals surface area contributed by atoms with Gasteiger partial charge in [-0.2, -0.15) is 5.10 Å². The number of rotatable bonds is 6. The highest BCUT2D eigenvalue weighted by Gasteiger charge is 2.12. The highest BCUT2D eigenvalue weighted by atomic mass is 16.1. The molecule has 1 amide bonds. The van der Waals surface area contributed by atoms with E-state index in [-0.39, 0.29) is 5.91 Å². The SMILES string of the molecule is CC(C)CNC(=O)c1ccccc1-c1ccc(Cn2cccn2)cc1. The van der Waals surface area contributed by atoms with E-state index in [4.69, 9.17) is 0 Å². The maximum Gasteiger partial charge on any atom is 0.251 e. The van der Waals surface area contributed by atoms with Crippen LogP contribution in [0.5, 0.6) is 0 Å². The first-order chi connectivity index (χ1) is 12.1. The molecule has 0 saturated carbocycles. The van der Waals surface area contributed by atoms with Gasteiger partial charge in [-0.25, -0.2) is 0 Å². The first kappa shape index (κ1) is 17.0. The Bertz CT molecular complexity index is 821. The average Bonchev–Trinajstić information content (AvgIpc) is 3.13. The number of carbonyl (C=O) groups is 1. The summed E-state index contributed by atoms with van der Waals surface area (Å²) < 4.78 is 1.89. The minimum Gasteiger partial charge on any atom is -0.352 e. The third-order valence-electron chi connectivity index (χ3n) is 4.01. The molecule has 3 aromatic rings. The van der Waals surface area contributed by atoms with Crippen LogP contribution in [-0.4, -0.2) is 22.2 Å². The topological polar surface area (TPSA) is 46.9 Å². The van der Waals surface area contributed by atoms with E-state index >= 15 is 0 Å². The minimum absolute atomic E-state index is 0.0232. The summed E-state index contributed by atoms with van der Waals surface area (Å²) in [6, 6.07) is 17.9. The van der Waals surface area contributed by atoms with E-state index in [1.807, 2.05) is 41.2 Å². The molecule has 0 aliphatic heterocycles. The third-order valence-corrected chi connectivity index (χ3v) is 4.01. The Kier molecular flexibility index (Phi) is 5.29. The molecule has 0 atom stereocenters. The van der Waals surface area contributed by atoms with Crippen molar-refractivity contribution in [3.8, 4) is 11.1 Å². The van der Waals surface area contributed by atoms with Crippen LogP contribution in [0.1, 0.15) is 29.8 Å². The Hall–Kier alpha value is -2.88. The lowest BCUT2D eigenvalue weighted by Gasteiger charge is -2.12. The molecule has 0 fully saturated rings. The lowest BCUT2D eigenvalue weighted by molar-refractivity contribution is 0.0949. The molecule has 0 saturated heterocycles. The van der Waals surface area contributed by atoms with Crippen LogP contribution in [-0.2, 0) is 6.54 Å². The van der Waals surface area contributed by atoms with Crippen LogP contribution < -0.4 is 5.32 Å². The predicted molar refractivity (Wildman–Crippen MR) is 100 cm³/mol. The number of nitrogens with one attached hydrogen (secondary N) is 1. The predicted octanol–water partition coefficient (Wildman–Crippen LogP) is 3.98. The first-order valence-corrected chi connectivity index (χ1v) is 8.57. The van der Waals surface area contributed by atoms with E-state index in [9.17, 15) is 4.79 Å². The molecule has 1 aromatic heterocycles. The van der Waals surface area contributed by atoms with Crippen molar-refractivity contribution in [2.24, 2.45) is 5.92 Å². The van der Waals surface area contributed by atoms with Crippen LogP contribution in [0.3, 0.4) is 0 Å². The molecule has 0 spiro atoms. The second kappa shape index (κ2) is 7.79. The Balaban J connectivity index is 1.80. The molecule has 4 heteroatoms. The molecule has 0 unspecified atom stereocenters. The molecule has 128 valence electrons. The molecular weight excluding hydrogens is 310 g/mol. The molecule has 0 radical (unpaired) electrons. The van der Waals surface area contributed by atoms with E-state index in [1.165, 1.54) is 5.56 Å². The number of hydrogen-bond donors (Lipinski definition) is 1. The quantitative estimate of drug-likeness (QED) is 0.741. The molecule has 2 aromatic carbocycles. The number of hydrogen-bond acceptors (Lipinski definition) is 2. The summed E-state index contributed by atoms with van der Waals surface area (Å²) in [5, 5.41) is 7.23. The zero-order valence-electron chi connectivity index (χ0n) is 14.6. The van der Waals surface area contributed by atoms with Crippen molar-refractivity contribution in [2.75, 3.05) is 6.54 Å². The van der Waals surface area contributed by atoms with Gasteiger partial charge in [-0.15, -0.1) is 0 Å². The van der Waals surface area contributed by atoms with Gasteiger partial charge in [0.1, 0.15) is 0 Å². The Morgan fingerprint density at radius 1 is 1.08 bits per heavy atom. The van der Waals surface area contributed by atoms with E-state index in [0.29, 0.717) is 18.0 Å². The van der Waals surface area contributed by atoms with E-state index in [0.717, 1.165) is 17.7 Å². The fourth-order valence-electron chi connectivity index (χ4n) is 2.70. The van der Waals surface area contributed by atoms with Crippen LogP contribution >= 0.6 is 0 Å². The summed E-state index contributed by atoms with van der Waals surface area (Å²) in [5.41, 5.74) is 3.88. The molecule has 1 heterocycles. The molecule has 1 N–H and O–H groups in total. The standard InChI is InChI=1S/C21H23N3O/c1-16(2)14-22-21(25)20-7-4-3-6-19(20)18-10-8-17(9-11-18)15-24-13-5-12-23-24/h3-13,16H,14-15H2,1-2H3,(H,22,25). The van der Waals surface area contributed by atoms with Gasteiger partial charge in [0.2, 0.25) is 0 Å². The van der Waals surface area contributed by atoms with Crippen molar-refractivity contribution >= 4 is 5.91 Å². The maximum absolute atomic E-state index is 12.5. The maximum atomic E-state index is 12.5. The number of amides is 1.